The predicted octanol–water partition coefficient (Wildman–Crippen LogP) is 5.12. The van der Waals surface area contributed by atoms with Crippen molar-refractivity contribution >= 4 is 29.3 Å². The second-order valence-electron chi connectivity index (χ2n) is 8.73. The summed E-state index contributed by atoms with van der Waals surface area (Å²) >= 11 is 6.34. The summed E-state index contributed by atoms with van der Waals surface area (Å²) in [4.78, 5) is 37.5. The van der Waals surface area contributed by atoms with Crippen LogP contribution in [-0.4, -0.2) is 33.4 Å². The molecular weight excluding hydrogens is 498 g/mol. The number of aliphatic carboxylic acids is 1. The fourth-order valence-corrected chi connectivity index (χ4v) is 4.06. The Labute approximate surface area is 219 Å². The summed E-state index contributed by atoms with van der Waals surface area (Å²) < 4.78 is 6.89. The number of hydrogen-bond acceptors (Lipinski definition) is 5. The zero-order valence-corrected chi connectivity index (χ0v) is 21.6. The van der Waals surface area contributed by atoms with E-state index in [-0.39, 0.29) is 24.6 Å². The summed E-state index contributed by atoms with van der Waals surface area (Å²) in [6, 6.07) is 12.0. The van der Waals surface area contributed by atoms with E-state index in [1.165, 1.54) is 16.8 Å². The van der Waals surface area contributed by atoms with Gasteiger partial charge in [0.1, 0.15) is 11.5 Å². The zero-order valence-electron chi connectivity index (χ0n) is 20.8. The van der Waals surface area contributed by atoms with Crippen LogP contribution >= 0.6 is 11.6 Å². The van der Waals surface area contributed by atoms with Gasteiger partial charge in [-0.25, -0.2) is 4.79 Å². The van der Waals surface area contributed by atoms with Gasteiger partial charge < -0.3 is 30.2 Å². The number of aromatic hydroxyl groups is 1. The Balaban J connectivity index is 1.86. The molecule has 0 aliphatic rings. The number of carbonyl (C=O) groups excluding carboxylic acids is 1. The predicted molar refractivity (Wildman–Crippen MR) is 142 cm³/mol. The number of hydrogen-bond donors (Lipinski definition) is 4. The molecule has 0 aliphatic carbocycles. The van der Waals surface area contributed by atoms with Crippen LogP contribution < -0.4 is 20.9 Å². The van der Waals surface area contributed by atoms with Gasteiger partial charge in [-0.1, -0.05) is 55.8 Å². The molecule has 3 rings (SSSR count). The van der Waals surface area contributed by atoms with Gasteiger partial charge in [0.15, 0.2) is 5.69 Å². The highest BCUT2D eigenvalue weighted by Gasteiger charge is 2.21. The summed E-state index contributed by atoms with van der Waals surface area (Å²) in [5.41, 5.74) is 1.15. The maximum atomic E-state index is 13.1. The molecule has 0 spiro atoms. The molecule has 0 fully saturated rings. The number of carbonyl (C=O) groups is 2. The number of pyridine rings is 1. The number of aromatic nitrogens is 1. The monoisotopic (exact) mass is 527 g/mol. The van der Waals surface area contributed by atoms with E-state index in [9.17, 15) is 24.6 Å². The van der Waals surface area contributed by atoms with Crippen LogP contribution in [0.4, 0.5) is 10.5 Å². The third kappa shape index (κ3) is 7.04. The first kappa shape index (κ1) is 27.6. The van der Waals surface area contributed by atoms with Gasteiger partial charge in [0, 0.05) is 16.8 Å². The summed E-state index contributed by atoms with van der Waals surface area (Å²) in [5, 5.41) is 25.1. The number of carboxylic acid groups (broad SMARTS) is 1. The van der Waals surface area contributed by atoms with Crippen molar-refractivity contribution in [2.24, 2.45) is 0 Å². The molecule has 1 unspecified atom stereocenters. The van der Waals surface area contributed by atoms with Crippen molar-refractivity contribution < 1.29 is 24.5 Å². The first-order valence-corrected chi connectivity index (χ1v) is 12.2. The van der Waals surface area contributed by atoms with Crippen molar-refractivity contribution in [3.05, 3.63) is 86.8 Å². The topological polar surface area (TPSA) is 130 Å². The second-order valence-corrected chi connectivity index (χ2v) is 9.14. The normalized spacial score (nSPS) is 11.7. The zero-order chi connectivity index (χ0) is 27.1. The van der Waals surface area contributed by atoms with E-state index in [0.717, 1.165) is 5.56 Å². The highest BCUT2D eigenvalue weighted by molar-refractivity contribution is 6.31. The maximum Gasteiger partial charge on any atom is 0.319 e. The Hall–Kier alpha value is -3.98. The summed E-state index contributed by atoms with van der Waals surface area (Å²) in [6.07, 6.45) is 1.01. The van der Waals surface area contributed by atoms with Crippen molar-refractivity contribution in [3.8, 4) is 11.5 Å². The van der Waals surface area contributed by atoms with Crippen molar-refractivity contribution in [1.82, 2.24) is 9.88 Å². The van der Waals surface area contributed by atoms with E-state index >= 15 is 0 Å². The highest BCUT2D eigenvalue weighted by atomic mass is 35.5. The number of benzene rings is 2. The molecular formula is C27H30ClN3O6. The van der Waals surface area contributed by atoms with Crippen molar-refractivity contribution in [3.63, 3.8) is 0 Å². The molecule has 196 valence electrons. The van der Waals surface area contributed by atoms with Crippen LogP contribution in [0.15, 0.2) is 59.5 Å². The minimum absolute atomic E-state index is 0.0358. The smallest absolute Gasteiger partial charge is 0.319 e. The van der Waals surface area contributed by atoms with E-state index in [1.54, 1.807) is 30.3 Å². The molecule has 1 heterocycles. The average molecular weight is 528 g/mol. The Morgan fingerprint density at radius 2 is 1.81 bits per heavy atom. The Kier molecular flexibility index (Phi) is 9.19. The largest absolute Gasteiger partial charge is 0.505 e. The minimum Gasteiger partial charge on any atom is -0.505 e. The molecule has 1 atom stereocenters. The molecule has 37 heavy (non-hydrogen) atoms. The number of halogens is 1. The number of urea groups is 1. The fourth-order valence-electron chi connectivity index (χ4n) is 3.83. The third-order valence-electron chi connectivity index (χ3n) is 5.75. The number of rotatable bonds is 10. The molecule has 3 aromatic rings. The molecule has 2 aromatic carbocycles. The van der Waals surface area contributed by atoms with Gasteiger partial charge in [-0.15, -0.1) is 0 Å². The minimum atomic E-state index is -1.10. The van der Waals surface area contributed by atoms with Crippen molar-refractivity contribution in [2.45, 2.75) is 45.7 Å². The standard InChI is InChI=1S/C27H30ClN3O6/c1-4-37-23-10-6-9-20(28)19(23)15-31-12-11-22(32)25(26(31)35)30-27(36)29-21(14-24(33)34)18-8-5-7-17(13-18)16(2)3/h5-13,16,21,32H,4,14-15H2,1-3H3,(H,33,34)(H2,29,30,36). The lowest BCUT2D eigenvalue weighted by Crippen LogP contribution is -2.36. The first-order valence-electron chi connectivity index (χ1n) is 11.8. The number of ether oxygens (including phenoxy) is 1. The summed E-state index contributed by atoms with van der Waals surface area (Å²) in [6.45, 7) is 6.29. The van der Waals surface area contributed by atoms with Gasteiger partial charge in [0.2, 0.25) is 0 Å². The Morgan fingerprint density at radius 1 is 1.11 bits per heavy atom. The Bertz CT molecular complexity index is 1340. The number of anilines is 1. The van der Waals surface area contributed by atoms with Crippen molar-refractivity contribution in [1.29, 1.82) is 0 Å². The number of nitrogens with zero attached hydrogens (tertiary/aromatic N) is 1. The lowest BCUT2D eigenvalue weighted by atomic mass is 9.96. The van der Waals surface area contributed by atoms with Crippen LogP contribution in [0.3, 0.4) is 0 Å². The van der Waals surface area contributed by atoms with Gasteiger partial charge in [-0.3, -0.25) is 9.59 Å². The van der Waals surface area contributed by atoms with Crippen LogP contribution in [0.2, 0.25) is 5.02 Å². The molecule has 10 heteroatoms. The van der Waals surface area contributed by atoms with E-state index in [1.807, 2.05) is 32.9 Å². The molecule has 4 N–H and O–H groups in total. The molecule has 0 aliphatic heterocycles. The van der Waals surface area contributed by atoms with Crippen LogP contribution in [0, 0.1) is 0 Å². The van der Waals surface area contributed by atoms with Crippen LogP contribution in [0.5, 0.6) is 11.5 Å². The fraction of sp³-hybridized carbons (Fsp3) is 0.296. The molecule has 0 bridgehead atoms. The van der Waals surface area contributed by atoms with Gasteiger partial charge in [0.05, 0.1) is 25.6 Å². The molecule has 1 aromatic heterocycles. The van der Waals surface area contributed by atoms with Crippen LogP contribution in [0.25, 0.3) is 0 Å². The van der Waals surface area contributed by atoms with E-state index in [2.05, 4.69) is 10.6 Å². The van der Waals surface area contributed by atoms with Crippen LogP contribution in [0.1, 0.15) is 55.8 Å². The van der Waals surface area contributed by atoms with Crippen LogP contribution in [-0.2, 0) is 11.3 Å². The lowest BCUT2D eigenvalue weighted by Gasteiger charge is -2.20. The molecule has 0 radical (unpaired) electrons. The average Bonchev–Trinajstić information content (AvgIpc) is 2.84. The maximum absolute atomic E-state index is 13.1. The molecule has 2 amide bonds. The summed E-state index contributed by atoms with van der Waals surface area (Å²) in [5.74, 6) is -0.810. The van der Waals surface area contributed by atoms with Gasteiger partial charge >= 0.3 is 12.0 Å². The highest BCUT2D eigenvalue weighted by Crippen LogP contribution is 2.28. The quantitative estimate of drug-likeness (QED) is 0.290. The molecule has 0 saturated heterocycles. The third-order valence-corrected chi connectivity index (χ3v) is 6.10. The first-order chi connectivity index (χ1) is 17.6. The van der Waals surface area contributed by atoms with Crippen molar-refractivity contribution in [2.75, 3.05) is 11.9 Å². The molecule has 0 saturated carbocycles. The van der Waals surface area contributed by atoms with E-state index in [0.29, 0.717) is 28.5 Å². The number of amides is 2. The lowest BCUT2D eigenvalue weighted by molar-refractivity contribution is -0.137. The van der Waals surface area contributed by atoms with E-state index in [4.69, 9.17) is 16.3 Å². The Morgan fingerprint density at radius 3 is 2.49 bits per heavy atom. The van der Waals surface area contributed by atoms with Gasteiger partial charge in [-0.05, 0) is 42.2 Å². The second kappa shape index (κ2) is 12.3. The number of nitrogens with one attached hydrogen (secondary N) is 2. The molecule has 9 nitrogen and oxygen atoms in total. The summed E-state index contributed by atoms with van der Waals surface area (Å²) in [7, 11) is 0. The van der Waals surface area contributed by atoms with Gasteiger partial charge in [-0.2, -0.15) is 0 Å². The van der Waals surface area contributed by atoms with Gasteiger partial charge in [0.25, 0.3) is 5.56 Å². The van der Waals surface area contributed by atoms with E-state index < -0.39 is 29.4 Å². The SMILES string of the molecule is CCOc1cccc(Cl)c1Cn1ccc(O)c(NC(=O)NC(CC(=O)O)c2cccc(C(C)C)c2)c1=O. The number of carboxylic acids is 1.